The van der Waals surface area contributed by atoms with E-state index in [0.717, 1.165) is 29.9 Å². The molecule has 130 valence electrons. The minimum absolute atomic E-state index is 0.148. The van der Waals surface area contributed by atoms with Gasteiger partial charge >= 0.3 is 0 Å². The number of nitrogens with zero attached hydrogens (tertiary/aromatic N) is 2. The number of aliphatic hydroxyl groups is 1. The average Bonchev–Trinajstić information content (AvgIpc) is 2.87. The number of ether oxygens (including phenoxy) is 1. The van der Waals surface area contributed by atoms with E-state index in [1.165, 1.54) is 4.90 Å². The maximum Gasteiger partial charge on any atom is 0.261 e. The largest absolute Gasteiger partial charge is 0.378 e. The predicted molar refractivity (Wildman–Crippen MR) is 97.2 cm³/mol. The summed E-state index contributed by atoms with van der Waals surface area (Å²) in [5, 5.41) is 10.8. The van der Waals surface area contributed by atoms with E-state index in [1.54, 1.807) is 0 Å². The third kappa shape index (κ3) is 2.69. The van der Waals surface area contributed by atoms with Crippen molar-refractivity contribution in [2.75, 3.05) is 36.1 Å². The standard InChI is InChI=1S/C20H22N2O3/c1-13-10-17-18(11-14(13)2)20(24)22(19(17)23)16-5-3-4-15(12-16)21-6-8-25-9-7-21/h3-5,10-12,19,23H,6-9H2,1-2H3. The zero-order valence-electron chi connectivity index (χ0n) is 14.5. The summed E-state index contributed by atoms with van der Waals surface area (Å²) >= 11 is 0. The van der Waals surface area contributed by atoms with Gasteiger partial charge in [0.2, 0.25) is 0 Å². The van der Waals surface area contributed by atoms with Crippen LogP contribution in [0, 0.1) is 13.8 Å². The monoisotopic (exact) mass is 338 g/mol. The number of rotatable bonds is 2. The van der Waals surface area contributed by atoms with Crippen molar-refractivity contribution in [1.82, 2.24) is 0 Å². The molecule has 2 aromatic carbocycles. The van der Waals surface area contributed by atoms with Crippen molar-refractivity contribution >= 4 is 17.3 Å². The fourth-order valence-corrected chi connectivity index (χ4v) is 3.54. The molecule has 5 nitrogen and oxygen atoms in total. The molecule has 0 aromatic heterocycles. The summed E-state index contributed by atoms with van der Waals surface area (Å²) in [6.07, 6.45) is -0.943. The minimum Gasteiger partial charge on any atom is -0.378 e. The number of hydrogen-bond donors (Lipinski definition) is 1. The van der Waals surface area contributed by atoms with Gasteiger partial charge in [-0.3, -0.25) is 9.69 Å². The second kappa shape index (κ2) is 6.17. The van der Waals surface area contributed by atoms with Crippen molar-refractivity contribution in [2.45, 2.75) is 20.1 Å². The molecule has 0 saturated carbocycles. The van der Waals surface area contributed by atoms with E-state index in [9.17, 15) is 9.90 Å². The lowest BCUT2D eigenvalue weighted by molar-refractivity contribution is 0.0935. The first-order valence-electron chi connectivity index (χ1n) is 8.62. The molecule has 5 heteroatoms. The number of benzene rings is 2. The molecule has 2 aliphatic rings. The molecule has 2 aromatic rings. The number of carbonyl (C=O) groups is 1. The van der Waals surface area contributed by atoms with Crippen molar-refractivity contribution < 1.29 is 14.6 Å². The molecule has 1 fully saturated rings. The van der Waals surface area contributed by atoms with Crippen LogP contribution in [0.3, 0.4) is 0 Å². The molecule has 25 heavy (non-hydrogen) atoms. The van der Waals surface area contributed by atoms with Crippen molar-refractivity contribution in [3.63, 3.8) is 0 Å². The molecule has 1 atom stereocenters. The van der Waals surface area contributed by atoms with E-state index in [2.05, 4.69) is 4.90 Å². The van der Waals surface area contributed by atoms with Gasteiger partial charge in [0.1, 0.15) is 0 Å². The van der Waals surface area contributed by atoms with E-state index in [-0.39, 0.29) is 5.91 Å². The Bertz CT molecular complexity index is 828. The Hall–Kier alpha value is -2.37. The van der Waals surface area contributed by atoms with Crippen molar-refractivity contribution in [3.8, 4) is 0 Å². The van der Waals surface area contributed by atoms with Gasteiger partial charge in [-0.25, -0.2) is 0 Å². The molecule has 0 bridgehead atoms. The second-order valence-electron chi connectivity index (χ2n) is 6.69. The predicted octanol–water partition coefficient (Wildman–Crippen LogP) is 2.79. The number of aryl methyl sites for hydroxylation is 2. The zero-order chi connectivity index (χ0) is 17.6. The summed E-state index contributed by atoms with van der Waals surface area (Å²) < 4.78 is 5.40. The lowest BCUT2D eigenvalue weighted by Gasteiger charge is -2.30. The fraction of sp³-hybridized carbons (Fsp3) is 0.350. The Balaban J connectivity index is 1.69. The van der Waals surface area contributed by atoms with Crippen LogP contribution in [0.1, 0.15) is 33.3 Å². The van der Waals surface area contributed by atoms with E-state index in [1.807, 2.05) is 50.2 Å². The molecule has 1 saturated heterocycles. The summed E-state index contributed by atoms with van der Waals surface area (Å²) in [7, 11) is 0. The quantitative estimate of drug-likeness (QED) is 0.915. The van der Waals surface area contributed by atoms with E-state index < -0.39 is 6.23 Å². The van der Waals surface area contributed by atoms with Crippen LogP contribution in [0.4, 0.5) is 11.4 Å². The van der Waals surface area contributed by atoms with Gasteiger partial charge in [-0.2, -0.15) is 0 Å². The first-order valence-corrected chi connectivity index (χ1v) is 8.62. The van der Waals surface area contributed by atoms with Crippen LogP contribution >= 0.6 is 0 Å². The van der Waals surface area contributed by atoms with Gasteiger partial charge in [-0.1, -0.05) is 12.1 Å². The Kier molecular flexibility index (Phi) is 3.98. The molecule has 0 radical (unpaired) electrons. The molecule has 2 heterocycles. The van der Waals surface area contributed by atoms with Crippen LogP contribution in [-0.4, -0.2) is 37.3 Å². The Labute approximate surface area is 147 Å². The average molecular weight is 338 g/mol. The van der Waals surface area contributed by atoms with Gasteiger partial charge in [0, 0.05) is 35.6 Å². The lowest BCUT2D eigenvalue weighted by Crippen LogP contribution is -2.36. The number of aliphatic hydroxyl groups excluding tert-OH is 1. The summed E-state index contributed by atoms with van der Waals surface area (Å²) in [5.41, 5.74) is 5.17. The van der Waals surface area contributed by atoms with E-state index >= 15 is 0 Å². The van der Waals surface area contributed by atoms with E-state index in [0.29, 0.717) is 30.0 Å². The zero-order valence-corrected chi connectivity index (χ0v) is 14.5. The molecule has 1 N–H and O–H groups in total. The van der Waals surface area contributed by atoms with Crippen LogP contribution in [-0.2, 0) is 4.74 Å². The topological polar surface area (TPSA) is 53.0 Å². The number of anilines is 2. The molecule has 1 amide bonds. The van der Waals surface area contributed by atoms with E-state index in [4.69, 9.17) is 4.74 Å². The van der Waals surface area contributed by atoms with Crippen LogP contribution in [0.2, 0.25) is 0 Å². The van der Waals surface area contributed by atoms with Gasteiger partial charge in [0.05, 0.1) is 13.2 Å². The summed E-state index contributed by atoms with van der Waals surface area (Å²) in [6.45, 7) is 7.06. The summed E-state index contributed by atoms with van der Waals surface area (Å²) in [6, 6.07) is 11.6. The van der Waals surface area contributed by atoms with Crippen LogP contribution in [0.25, 0.3) is 0 Å². The summed E-state index contributed by atoms with van der Waals surface area (Å²) in [4.78, 5) is 16.6. The SMILES string of the molecule is Cc1cc2c(cc1C)C(O)N(c1cccc(N3CCOCC3)c1)C2=O. The second-order valence-corrected chi connectivity index (χ2v) is 6.69. The fourth-order valence-electron chi connectivity index (χ4n) is 3.54. The third-order valence-electron chi connectivity index (χ3n) is 5.12. The normalized spacial score (nSPS) is 20.1. The highest BCUT2D eigenvalue weighted by atomic mass is 16.5. The van der Waals surface area contributed by atoms with Gasteiger partial charge in [0.25, 0.3) is 5.91 Å². The van der Waals surface area contributed by atoms with Crippen molar-refractivity contribution in [3.05, 3.63) is 58.7 Å². The third-order valence-corrected chi connectivity index (χ3v) is 5.12. The molecular weight excluding hydrogens is 316 g/mol. The molecule has 1 unspecified atom stereocenters. The van der Waals surface area contributed by atoms with Crippen LogP contribution in [0.5, 0.6) is 0 Å². The Morgan fingerprint density at radius 1 is 1.04 bits per heavy atom. The number of morpholine rings is 1. The molecule has 0 spiro atoms. The van der Waals surface area contributed by atoms with Crippen molar-refractivity contribution in [1.29, 1.82) is 0 Å². The smallest absolute Gasteiger partial charge is 0.261 e. The highest BCUT2D eigenvalue weighted by Gasteiger charge is 2.37. The number of hydrogen-bond acceptors (Lipinski definition) is 4. The minimum atomic E-state index is -0.943. The van der Waals surface area contributed by atoms with Gasteiger partial charge in [0.15, 0.2) is 6.23 Å². The first-order chi connectivity index (χ1) is 12.1. The molecule has 4 rings (SSSR count). The Morgan fingerprint density at radius 3 is 2.48 bits per heavy atom. The molecule has 0 aliphatic carbocycles. The summed E-state index contributed by atoms with van der Waals surface area (Å²) in [5.74, 6) is -0.148. The van der Waals surface area contributed by atoms with Gasteiger partial charge in [-0.05, 0) is 49.2 Å². The number of fused-ring (bicyclic) bond motifs is 1. The maximum absolute atomic E-state index is 12.9. The van der Waals surface area contributed by atoms with Gasteiger partial charge in [-0.15, -0.1) is 0 Å². The highest BCUT2D eigenvalue weighted by Crippen LogP contribution is 2.38. The number of amides is 1. The first kappa shape index (κ1) is 16.1. The van der Waals surface area contributed by atoms with Crippen molar-refractivity contribution in [2.24, 2.45) is 0 Å². The highest BCUT2D eigenvalue weighted by molar-refractivity contribution is 6.11. The Morgan fingerprint density at radius 2 is 1.72 bits per heavy atom. The van der Waals surface area contributed by atoms with Crippen LogP contribution in [0.15, 0.2) is 36.4 Å². The van der Waals surface area contributed by atoms with Gasteiger partial charge < -0.3 is 14.7 Å². The molecule has 2 aliphatic heterocycles. The lowest BCUT2D eigenvalue weighted by atomic mass is 10.0. The maximum atomic E-state index is 12.9. The molecular formula is C20H22N2O3. The number of carbonyl (C=O) groups excluding carboxylic acids is 1. The van der Waals surface area contributed by atoms with Crippen LogP contribution < -0.4 is 9.80 Å².